The van der Waals surface area contributed by atoms with Gasteiger partial charge in [0.15, 0.2) is 4.96 Å². The van der Waals surface area contributed by atoms with Gasteiger partial charge in [-0.3, -0.25) is 14.0 Å². The van der Waals surface area contributed by atoms with Crippen LogP contribution in [-0.4, -0.2) is 43.1 Å². The van der Waals surface area contributed by atoms with E-state index in [1.54, 1.807) is 4.40 Å². The highest BCUT2D eigenvalue weighted by molar-refractivity contribution is 7.15. The minimum Gasteiger partial charge on any atom is -0.342 e. The summed E-state index contributed by atoms with van der Waals surface area (Å²) in [6, 6.07) is 10.0. The van der Waals surface area contributed by atoms with Gasteiger partial charge in [-0.1, -0.05) is 31.5 Å². The van der Waals surface area contributed by atoms with Gasteiger partial charge in [-0.15, -0.1) is 11.3 Å². The van der Waals surface area contributed by atoms with Crippen molar-refractivity contribution in [2.45, 2.75) is 53.9 Å². The first-order chi connectivity index (χ1) is 16.3. The van der Waals surface area contributed by atoms with Crippen molar-refractivity contribution in [3.8, 4) is 16.9 Å². The molecule has 4 rings (SSSR count). The van der Waals surface area contributed by atoms with Gasteiger partial charge in [0, 0.05) is 29.9 Å². The third-order valence-electron chi connectivity index (χ3n) is 5.92. The number of benzene rings is 1. The standard InChI is InChI=1S/C26H31N5O2S/c1-6-12-29(13-7-2)23(32)15-21-16-34-26-27-19(5)24(25(33)30(21)26)22-14-18(4)31(28-22)20-10-8-17(3)9-11-20/h8-11,14,16H,6-7,12-13,15H2,1-5H3. The highest BCUT2D eigenvalue weighted by Gasteiger charge is 2.21. The molecule has 1 amide bonds. The molecule has 0 spiro atoms. The normalized spacial score (nSPS) is 11.3. The Morgan fingerprint density at radius 1 is 1.06 bits per heavy atom. The van der Waals surface area contributed by atoms with E-state index in [4.69, 9.17) is 5.10 Å². The topological polar surface area (TPSA) is 72.5 Å². The maximum atomic E-state index is 13.7. The van der Waals surface area contributed by atoms with Gasteiger partial charge in [-0.25, -0.2) is 9.67 Å². The Morgan fingerprint density at radius 2 is 1.74 bits per heavy atom. The molecule has 0 unspecified atom stereocenters. The average molecular weight is 478 g/mol. The molecule has 3 aromatic heterocycles. The second-order valence-corrected chi connectivity index (χ2v) is 9.53. The lowest BCUT2D eigenvalue weighted by Crippen LogP contribution is -2.34. The van der Waals surface area contributed by atoms with Crippen molar-refractivity contribution in [3.05, 3.63) is 68.7 Å². The number of amides is 1. The minimum absolute atomic E-state index is 0.0388. The molecule has 7 nitrogen and oxygen atoms in total. The molecule has 0 aliphatic heterocycles. The zero-order chi connectivity index (χ0) is 24.4. The molecule has 34 heavy (non-hydrogen) atoms. The number of nitrogens with zero attached hydrogens (tertiary/aromatic N) is 5. The molecule has 0 saturated carbocycles. The van der Waals surface area contributed by atoms with Crippen LogP contribution in [0, 0.1) is 20.8 Å². The van der Waals surface area contributed by atoms with Gasteiger partial charge in [0.1, 0.15) is 5.69 Å². The first-order valence-corrected chi connectivity index (χ1v) is 12.6. The molecule has 178 valence electrons. The number of carbonyl (C=O) groups is 1. The van der Waals surface area contributed by atoms with Crippen LogP contribution in [0.5, 0.6) is 0 Å². The van der Waals surface area contributed by atoms with Gasteiger partial charge < -0.3 is 4.90 Å². The van der Waals surface area contributed by atoms with E-state index in [9.17, 15) is 9.59 Å². The lowest BCUT2D eigenvalue weighted by atomic mass is 10.1. The highest BCUT2D eigenvalue weighted by Crippen LogP contribution is 2.24. The Kier molecular flexibility index (Phi) is 6.97. The summed E-state index contributed by atoms with van der Waals surface area (Å²) >= 11 is 1.39. The van der Waals surface area contributed by atoms with Gasteiger partial charge in [0.25, 0.3) is 5.56 Å². The van der Waals surface area contributed by atoms with Gasteiger partial charge in [-0.05, 0) is 51.8 Å². The van der Waals surface area contributed by atoms with Crippen LogP contribution in [0.1, 0.15) is 49.3 Å². The van der Waals surface area contributed by atoms with Crippen LogP contribution in [0.25, 0.3) is 21.9 Å². The van der Waals surface area contributed by atoms with E-state index in [1.165, 1.54) is 16.9 Å². The monoisotopic (exact) mass is 477 g/mol. The van der Waals surface area contributed by atoms with Crippen molar-refractivity contribution in [1.82, 2.24) is 24.1 Å². The van der Waals surface area contributed by atoms with Gasteiger partial charge in [0.05, 0.1) is 23.4 Å². The number of carbonyl (C=O) groups excluding carboxylic acids is 1. The fourth-order valence-corrected chi connectivity index (χ4v) is 5.16. The van der Waals surface area contributed by atoms with Crippen molar-refractivity contribution in [3.63, 3.8) is 0 Å². The maximum Gasteiger partial charge on any atom is 0.268 e. The Hall–Kier alpha value is -3.26. The van der Waals surface area contributed by atoms with Crippen LogP contribution in [0.3, 0.4) is 0 Å². The van der Waals surface area contributed by atoms with Crippen molar-refractivity contribution >= 4 is 22.2 Å². The number of hydrogen-bond donors (Lipinski definition) is 0. The SMILES string of the molecule is CCCN(CCC)C(=O)Cc1csc2nc(C)c(-c3cc(C)n(-c4ccc(C)cc4)n3)c(=O)n12. The predicted molar refractivity (Wildman–Crippen MR) is 137 cm³/mol. The molecule has 0 fully saturated rings. The summed E-state index contributed by atoms with van der Waals surface area (Å²) in [7, 11) is 0. The lowest BCUT2D eigenvalue weighted by Gasteiger charge is -2.21. The summed E-state index contributed by atoms with van der Waals surface area (Å²) in [5.41, 5.74) is 5.23. The second kappa shape index (κ2) is 9.93. The fraction of sp³-hybridized carbons (Fsp3) is 0.385. The smallest absolute Gasteiger partial charge is 0.268 e. The summed E-state index contributed by atoms with van der Waals surface area (Å²) < 4.78 is 3.43. The third-order valence-corrected chi connectivity index (χ3v) is 6.79. The quantitative estimate of drug-likeness (QED) is 0.368. The number of rotatable bonds is 8. The Morgan fingerprint density at radius 3 is 2.38 bits per heavy atom. The van der Waals surface area contributed by atoms with Crippen molar-refractivity contribution in [2.75, 3.05) is 13.1 Å². The summed E-state index contributed by atoms with van der Waals surface area (Å²) in [5, 5.41) is 6.62. The Balaban J connectivity index is 1.76. The molecule has 0 aliphatic rings. The highest BCUT2D eigenvalue weighted by atomic mass is 32.1. The number of thiazole rings is 1. The zero-order valence-corrected chi connectivity index (χ0v) is 21.3. The lowest BCUT2D eigenvalue weighted by molar-refractivity contribution is -0.130. The summed E-state index contributed by atoms with van der Waals surface area (Å²) in [6.45, 7) is 11.4. The first-order valence-electron chi connectivity index (χ1n) is 11.8. The molecular formula is C26H31N5O2S. The van der Waals surface area contributed by atoms with Gasteiger partial charge >= 0.3 is 0 Å². The second-order valence-electron chi connectivity index (χ2n) is 8.70. The summed E-state index contributed by atoms with van der Waals surface area (Å²) in [5.74, 6) is 0.0388. The van der Waals surface area contributed by atoms with E-state index in [2.05, 4.69) is 18.8 Å². The van der Waals surface area contributed by atoms with E-state index < -0.39 is 0 Å². The number of hydrogen-bond acceptors (Lipinski definition) is 5. The van der Waals surface area contributed by atoms with Crippen LogP contribution >= 0.6 is 11.3 Å². The fourth-order valence-electron chi connectivity index (χ4n) is 4.24. The van der Waals surface area contributed by atoms with E-state index in [1.807, 2.05) is 66.1 Å². The molecule has 1 aromatic carbocycles. The molecular weight excluding hydrogens is 446 g/mol. The van der Waals surface area contributed by atoms with Gasteiger partial charge in [0.2, 0.25) is 5.91 Å². The van der Waals surface area contributed by atoms with Crippen LogP contribution in [0.15, 0.2) is 40.5 Å². The van der Waals surface area contributed by atoms with E-state index in [0.29, 0.717) is 27.6 Å². The molecule has 3 heterocycles. The van der Waals surface area contributed by atoms with Gasteiger partial charge in [-0.2, -0.15) is 5.10 Å². The molecule has 0 bridgehead atoms. The van der Waals surface area contributed by atoms with E-state index in [-0.39, 0.29) is 17.9 Å². The first kappa shape index (κ1) is 23.9. The molecule has 0 aliphatic carbocycles. The summed E-state index contributed by atoms with van der Waals surface area (Å²) in [6.07, 6.45) is 1.99. The molecule has 0 radical (unpaired) electrons. The van der Waals surface area contributed by atoms with Crippen molar-refractivity contribution < 1.29 is 4.79 Å². The largest absolute Gasteiger partial charge is 0.342 e. The molecule has 0 saturated heterocycles. The molecule has 0 N–H and O–H groups in total. The predicted octanol–water partition coefficient (Wildman–Crippen LogP) is 4.73. The average Bonchev–Trinajstić information content (AvgIpc) is 3.37. The number of aromatic nitrogens is 4. The van der Waals surface area contributed by atoms with E-state index in [0.717, 1.165) is 37.3 Å². The molecule has 4 aromatic rings. The van der Waals surface area contributed by atoms with Crippen LogP contribution in [0.4, 0.5) is 0 Å². The summed E-state index contributed by atoms with van der Waals surface area (Å²) in [4.78, 5) is 33.8. The zero-order valence-electron chi connectivity index (χ0n) is 20.5. The minimum atomic E-state index is -0.183. The Bertz CT molecular complexity index is 1370. The van der Waals surface area contributed by atoms with E-state index >= 15 is 0 Å². The van der Waals surface area contributed by atoms with Crippen LogP contribution in [-0.2, 0) is 11.2 Å². The molecule has 0 atom stereocenters. The third kappa shape index (κ3) is 4.55. The maximum absolute atomic E-state index is 13.7. The van der Waals surface area contributed by atoms with Crippen molar-refractivity contribution in [2.24, 2.45) is 0 Å². The molecule has 8 heteroatoms. The number of fused-ring (bicyclic) bond motifs is 1. The van der Waals surface area contributed by atoms with Crippen LogP contribution in [0.2, 0.25) is 0 Å². The number of aryl methyl sites for hydroxylation is 3. The van der Waals surface area contributed by atoms with Crippen LogP contribution < -0.4 is 5.56 Å². The Labute approximate surface area is 203 Å². The van der Waals surface area contributed by atoms with Crippen molar-refractivity contribution in [1.29, 1.82) is 0 Å².